The van der Waals surface area contributed by atoms with Crippen molar-refractivity contribution in [3.05, 3.63) is 34.1 Å². The van der Waals surface area contributed by atoms with Gasteiger partial charge >= 0.3 is 11.9 Å². The number of esters is 2. The summed E-state index contributed by atoms with van der Waals surface area (Å²) in [5.74, 6) is -1.34. The molecule has 0 spiro atoms. The van der Waals surface area contributed by atoms with Crippen LogP contribution >= 0.6 is 0 Å². The van der Waals surface area contributed by atoms with Crippen molar-refractivity contribution in [3.63, 3.8) is 0 Å². The highest BCUT2D eigenvalue weighted by atomic mass is 16.6. The van der Waals surface area contributed by atoms with Crippen molar-refractivity contribution in [2.24, 2.45) is 5.92 Å². The number of nitro groups is 1. The van der Waals surface area contributed by atoms with Gasteiger partial charge in [-0.25, -0.2) is 0 Å². The minimum Gasteiger partial charge on any atom is -0.468 e. The summed E-state index contributed by atoms with van der Waals surface area (Å²) in [5, 5.41) is 10.7. The fourth-order valence-corrected chi connectivity index (χ4v) is 2.41. The van der Waals surface area contributed by atoms with Crippen LogP contribution in [-0.4, -0.2) is 36.1 Å². The van der Waals surface area contributed by atoms with Gasteiger partial charge in [-0.05, 0) is 18.4 Å². The average molecular weight is 308 g/mol. The third kappa shape index (κ3) is 2.76. The van der Waals surface area contributed by atoms with Gasteiger partial charge in [-0.2, -0.15) is 0 Å². The second-order valence-corrected chi connectivity index (χ2v) is 5.19. The molecule has 8 nitrogen and oxygen atoms in total. The summed E-state index contributed by atoms with van der Waals surface area (Å²) in [6.45, 7) is 0. The predicted molar refractivity (Wildman–Crippen MR) is 73.9 cm³/mol. The Hall–Kier alpha value is -2.51. The van der Waals surface area contributed by atoms with Crippen LogP contribution in [0.15, 0.2) is 18.3 Å². The summed E-state index contributed by atoms with van der Waals surface area (Å²) in [7, 11) is 2.36. The van der Waals surface area contributed by atoms with Crippen molar-refractivity contribution in [3.8, 4) is 0 Å². The van der Waals surface area contributed by atoms with E-state index in [9.17, 15) is 19.7 Å². The van der Waals surface area contributed by atoms with Crippen LogP contribution in [-0.2, 0) is 24.5 Å². The summed E-state index contributed by atoms with van der Waals surface area (Å²) < 4.78 is 9.57. The van der Waals surface area contributed by atoms with E-state index >= 15 is 0 Å². The van der Waals surface area contributed by atoms with Gasteiger partial charge in [0.25, 0.3) is 5.69 Å². The lowest BCUT2D eigenvalue weighted by atomic mass is 9.78. The Bertz CT molecular complexity index is 578. The maximum absolute atomic E-state index is 12.3. The van der Waals surface area contributed by atoms with Crippen LogP contribution in [0, 0.1) is 16.0 Å². The number of pyridine rings is 1. The maximum Gasteiger partial charge on any atom is 0.329 e. The predicted octanol–water partition coefficient (Wildman–Crippen LogP) is 1.37. The van der Waals surface area contributed by atoms with Gasteiger partial charge in [-0.15, -0.1) is 0 Å². The largest absolute Gasteiger partial charge is 0.468 e. The number of hydrogen-bond acceptors (Lipinski definition) is 7. The van der Waals surface area contributed by atoms with E-state index in [1.165, 1.54) is 26.4 Å². The number of carbonyl (C=O) groups is 2. The minimum atomic E-state index is -1.68. The van der Waals surface area contributed by atoms with Gasteiger partial charge in [0.2, 0.25) is 5.41 Å². The molecule has 0 aromatic carbocycles. The number of carbonyl (C=O) groups excluding carboxylic acids is 2. The van der Waals surface area contributed by atoms with E-state index < -0.39 is 22.3 Å². The zero-order valence-corrected chi connectivity index (χ0v) is 12.3. The normalized spacial score (nSPS) is 14.3. The second kappa shape index (κ2) is 6.08. The second-order valence-electron chi connectivity index (χ2n) is 5.19. The molecule has 0 aliphatic heterocycles. The van der Waals surface area contributed by atoms with Crippen molar-refractivity contribution in [1.29, 1.82) is 0 Å². The summed E-state index contributed by atoms with van der Waals surface area (Å²) in [5.41, 5.74) is -1.80. The Morgan fingerprint density at radius 1 is 1.32 bits per heavy atom. The van der Waals surface area contributed by atoms with Crippen LogP contribution in [0.1, 0.15) is 25.0 Å². The molecule has 0 saturated heterocycles. The molecule has 118 valence electrons. The maximum atomic E-state index is 12.3. The Morgan fingerprint density at radius 3 is 2.27 bits per heavy atom. The summed E-state index contributed by atoms with van der Waals surface area (Å²) in [6.07, 6.45) is 3.05. The highest BCUT2D eigenvalue weighted by Crippen LogP contribution is 2.43. The van der Waals surface area contributed by atoms with Crippen LogP contribution < -0.4 is 0 Å². The number of nitrogens with zero attached hydrogens (tertiary/aromatic N) is 2. The van der Waals surface area contributed by atoms with Gasteiger partial charge in [0.1, 0.15) is 6.20 Å². The lowest BCUT2D eigenvalue weighted by molar-refractivity contribution is -0.385. The molecule has 0 N–H and O–H groups in total. The smallest absolute Gasteiger partial charge is 0.329 e. The van der Waals surface area contributed by atoms with Crippen molar-refractivity contribution < 1.29 is 24.0 Å². The Balaban J connectivity index is 2.51. The quantitative estimate of drug-likeness (QED) is 0.338. The molecule has 0 amide bonds. The zero-order chi connectivity index (χ0) is 16.3. The third-order valence-corrected chi connectivity index (χ3v) is 3.76. The van der Waals surface area contributed by atoms with Gasteiger partial charge in [0, 0.05) is 6.07 Å². The molecule has 1 aromatic heterocycles. The van der Waals surface area contributed by atoms with Gasteiger partial charge in [-0.3, -0.25) is 24.7 Å². The summed E-state index contributed by atoms with van der Waals surface area (Å²) in [4.78, 5) is 38.7. The van der Waals surface area contributed by atoms with Crippen LogP contribution in [0.4, 0.5) is 5.69 Å². The first-order valence-electron chi connectivity index (χ1n) is 6.73. The Morgan fingerprint density at radius 2 is 1.91 bits per heavy atom. The average Bonchev–Trinajstić information content (AvgIpc) is 3.35. The SMILES string of the molecule is COC(=O)C(CC1CC1)(C(=O)OC)c1ccc([N+](=O)[O-])cn1. The first-order chi connectivity index (χ1) is 10.5. The molecule has 1 saturated carbocycles. The number of hydrogen-bond donors (Lipinski definition) is 0. The molecule has 1 fully saturated rings. The molecule has 1 aliphatic carbocycles. The lowest BCUT2D eigenvalue weighted by Crippen LogP contribution is -2.46. The number of aromatic nitrogens is 1. The highest BCUT2D eigenvalue weighted by molar-refractivity contribution is 6.06. The van der Waals surface area contributed by atoms with Gasteiger partial charge in [-0.1, -0.05) is 12.8 Å². The molecular weight excluding hydrogens is 292 g/mol. The standard InChI is InChI=1S/C14H16N2O6/c1-21-12(17)14(13(18)22-2,7-9-3-4-9)11-6-5-10(8-15-11)16(19)20/h5-6,8-9H,3-4,7H2,1-2H3. The molecule has 0 bridgehead atoms. The summed E-state index contributed by atoms with van der Waals surface area (Å²) >= 11 is 0. The summed E-state index contributed by atoms with van der Waals surface area (Å²) in [6, 6.07) is 2.50. The molecule has 0 unspecified atom stereocenters. The zero-order valence-electron chi connectivity index (χ0n) is 12.3. The van der Waals surface area contributed by atoms with E-state index in [-0.39, 0.29) is 23.7 Å². The van der Waals surface area contributed by atoms with Crippen molar-refractivity contribution >= 4 is 17.6 Å². The van der Waals surface area contributed by atoms with E-state index in [0.29, 0.717) is 0 Å². The van der Waals surface area contributed by atoms with Crippen LogP contribution in [0.3, 0.4) is 0 Å². The molecule has 22 heavy (non-hydrogen) atoms. The molecule has 0 atom stereocenters. The fraction of sp³-hybridized carbons (Fsp3) is 0.500. The van der Waals surface area contributed by atoms with Gasteiger partial charge in [0.05, 0.1) is 24.8 Å². The van der Waals surface area contributed by atoms with E-state index in [2.05, 4.69) is 4.98 Å². The topological polar surface area (TPSA) is 109 Å². The molecule has 1 aromatic rings. The molecule has 0 radical (unpaired) electrons. The number of rotatable bonds is 6. The highest BCUT2D eigenvalue weighted by Gasteiger charge is 2.54. The monoisotopic (exact) mass is 308 g/mol. The van der Waals surface area contributed by atoms with E-state index in [4.69, 9.17) is 9.47 Å². The van der Waals surface area contributed by atoms with Crippen LogP contribution in [0.2, 0.25) is 0 Å². The van der Waals surface area contributed by atoms with Crippen LogP contribution in [0.5, 0.6) is 0 Å². The van der Waals surface area contributed by atoms with Crippen molar-refractivity contribution in [1.82, 2.24) is 4.98 Å². The number of ether oxygens (including phenoxy) is 2. The molecule has 8 heteroatoms. The van der Waals surface area contributed by atoms with Crippen molar-refractivity contribution in [2.45, 2.75) is 24.7 Å². The lowest BCUT2D eigenvalue weighted by Gasteiger charge is -2.27. The Kier molecular flexibility index (Phi) is 4.39. The first kappa shape index (κ1) is 15.9. The van der Waals surface area contributed by atoms with E-state index in [1.54, 1.807) is 0 Å². The third-order valence-electron chi connectivity index (χ3n) is 3.76. The molecular formula is C14H16N2O6. The minimum absolute atomic E-state index is 0.101. The van der Waals surface area contributed by atoms with Gasteiger partial charge in [0.15, 0.2) is 0 Å². The molecule has 2 rings (SSSR count). The van der Waals surface area contributed by atoms with E-state index in [0.717, 1.165) is 19.0 Å². The van der Waals surface area contributed by atoms with Crippen LogP contribution in [0.25, 0.3) is 0 Å². The molecule has 1 aliphatic rings. The fourth-order valence-electron chi connectivity index (χ4n) is 2.41. The number of methoxy groups -OCH3 is 2. The first-order valence-corrected chi connectivity index (χ1v) is 6.73. The van der Waals surface area contributed by atoms with Gasteiger partial charge < -0.3 is 9.47 Å². The molecule has 1 heterocycles. The van der Waals surface area contributed by atoms with Crippen molar-refractivity contribution in [2.75, 3.05) is 14.2 Å². The Labute approximate surface area is 126 Å². The van der Waals surface area contributed by atoms with E-state index in [1.807, 2.05) is 0 Å².